The van der Waals surface area contributed by atoms with Gasteiger partial charge in [0.2, 0.25) is 0 Å². The molecule has 1 atom stereocenters. The molecule has 21 heavy (non-hydrogen) atoms. The summed E-state index contributed by atoms with van der Waals surface area (Å²) in [7, 11) is 0. The Kier molecular flexibility index (Phi) is 5.44. The summed E-state index contributed by atoms with van der Waals surface area (Å²) >= 11 is 1.91. The smallest absolute Gasteiger partial charge is 0.0346 e. The molecule has 0 spiro atoms. The van der Waals surface area contributed by atoms with Gasteiger partial charge in [0.25, 0.3) is 0 Å². The molecule has 2 nitrogen and oxygen atoms in total. The second-order valence-electron chi connectivity index (χ2n) is 6.11. The Morgan fingerprint density at radius 1 is 1.19 bits per heavy atom. The Bertz CT molecular complexity index is 569. The van der Waals surface area contributed by atoms with Crippen LogP contribution in [0.5, 0.6) is 0 Å². The molecule has 0 amide bonds. The molecule has 1 aliphatic heterocycles. The van der Waals surface area contributed by atoms with E-state index in [1.165, 1.54) is 28.3 Å². The van der Waals surface area contributed by atoms with Gasteiger partial charge in [-0.25, -0.2) is 0 Å². The Labute approximate surface area is 137 Å². The molecule has 1 aromatic heterocycles. The van der Waals surface area contributed by atoms with Crippen molar-refractivity contribution >= 4 is 23.7 Å². The van der Waals surface area contributed by atoms with Gasteiger partial charge in [0.1, 0.15) is 0 Å². The number of benzene rings is 1. The van der Waals surface area contributed by atoms with E-state index in [-0.39, 0.29) is 12.4 Å². The van der Waals surface area contributed by atoms with Crippen molar-refractivity contribution in [3.63, 3.8) is 0 Å². The van der Waals surface area contributed by atoms with E-state index >= 15 is 0 Å². The summed E-state index contributed by atoms with van der Waals surface area (Å²) in [5.41, 5.74) is 7.52. The lowest BCUT2D eigenvalue weighted by Gasteiger charge is -2.22. The summed E-state index contributed by atoms with van der Waals surface area (Å²) in [5, 5.41) is 0. The maximum Gasteiger partial charge on any atom is 0.0346 e. The van der Waals surface area contributed by atoms with Gasteiger partial charge in [-0.2, -0.15) is 0 Å². The fourth-order valence-corrected chi connectivity index (χ4v) is 3.92. The van der Waals surface area contributed by atoms with E-state index in [4.69, 9.17) is 5.73 Å². The number of hydrogen-bond acceptors (Lipinski definition) is 3. The highest BCUT2D eigenvalue weighted by Gasteiger charge is 2.32. The van der Waals surface area contributed by atoms with Gasteiger partial charge in [0, 0.05) is 22.8 Å². The van der Waals surface area contributed by atoms with Gasteiger partial charge in [0.15, 0.2) is 0 Å². The fourth-order valence-electron chi connectivity index (χ4n) is 2.87. The van der Waals surface area contributed by atoms with Crippen LogP contribution in [0.3, 0.4) is 0 Å². The summed E-state index contributed by atoms with van der Waals surface area (Å²) in [6, 6.07) is 15.1. The zero-order chi connectivity index (χ0) is 14.0. The lowest BCUT2D eigenvalue weighted by Crippen LogP contribution is -2.30. The summed E-state index contributed by atoms with van der Waals surface area (Å²) in [5.74, 6) is 0. The van der Waals surface area contributed by atoms with Crippen LogP contribution in [0.15, 0.2) is 42.5 Å². The Hall–Kier alpha value is -0.870. The lowest BCUT2D eigenvalue weighted by atomic mass is 9.90. The number of likely N-dealkylation sites (tertiary alicyclic amines) is 1. The number of rotatable bonds is 4. The molecule has 1 aliphatic rings. The minimum atomic E-state index is 0. The number of hydrogen-bond donors (Lipinski definition) is 1. The average molecular weight is 323 g/mol. The molecule has 4 heteroatoms. The topological polar surface area (TPSA) is 29.3 Å². The Balaban J connectivity index is 0.00000161. The van der Waals surface area contributed by atoms with E-state index in [0.717, 1.165) is 19.6 Å². The van der Waals surface area contributed by atoms with Gasteiger partial charge in [-0.3, -0.25) is 4.90 Å². The highest BCUT2D eigenvalue weighted by molar-refractivity contribution is 7.15. The van der Waals surface area contributed by atoms with Crippen LogP contribution >= 0.6 is 23.7 Å². The van der Waals surface area contributed by atoms with E-state index in [1.807, 2.05) is 11.3 Å². The quantitative estimate of drug-likeness (QED) is 0.921. The van der Waals surface area contributed by atoms with Crippen molar-refractivity contribution in [2.75, 3.05) is 19.6 Å². The number of nitrogens with zero attached hydrogens (tertiary/aromatic N) is 1. The third-order valence-corrected chi connectivity index (χ3v) is 5.35. The number of halogens is 1. The fraction of sp³-hybridized carbons (Fsp3) is 0.412. The van der Waals surface area contributed by atoms with Crippen molar-refractivity contribution in [1.29, 1.82) is 0 Å². The van der Waals surface area contributed by atoms with Gasteiger partial charge in [-0.1, -0.05) is 37.3 Å². The van der Waals surface area contributed by atoms with Crippen molar-refractivity contribution in [2.45, 2.75) is 19.9 Å². The first-order chi connectivity index (χ1) is 9.68. The zero-order valence-electron chi connectivity index (χ0n) is 12.4. The zero-order valence-corrected chi connectivity index (χ0v) is 14.1. The predicted octanol–water partition coefficient (Wildman–Crippen LogP) is 4.01. The monoisotopic (exact) mass is 322 g/mol. The highest BCUT2D eigenvalue weighted by atomic mass is 35.5. The van der Waals surface area contributed by atoms with Crippen LogP contribution in [0, 0.1) is 5.41 Å². The van der Waals surface area contributed by atoms with Crippen molar-refractivity contribution in [1.82, 2.24) is 4.90 Å². The summed E-state index contributed by atoms with van der Waals surface area (Å²) in [6.07, 6.45) is 1.22. The Morgan fingerprint density at radius 2 is 1.95 bits per heavy atom. The van der Waals surface area contributed by atoms with Gasteiger partial charge in [-0.05, 0) is 42.6 Å². The van der Waals surface area contributed by atoms with E-state index in [0.29, 0.717) is 5.41 Å². The Morgan fingerprint density at radius 3 is 2.62 bits per heavy atom. The third kappa shape index (κ3) is 3.86. The van der Waals surface area contributed by atoms with Crippen LogP contribution in [0.25, 0.3) is 10.4 Å². The largest absolute Gasteiger partial charge is 0.330 e. The molecule has 0 bridgehead atoms. The lowest BCUT2D eigenvalue weighted by molar-refractivity contribution is 0.276. The molecule has 0 radical (unpaired) electrons. The van der Waals surface area contributed by atoms with E-state index < -0.39 is 0 Å². The van der Waals surface area contributed by atoms with E-state index in [1.54, 1.807) is 0 Å². The van der Waals surface area contributed by atoms with Crippen molar-refractivity contribution < 1.29 is 0 Å². The second-order valence-corrected chi connectivity index (χ2v) is 7.28. The van der Waals surface area contributed by atoms with Crippen LogP contribution in [-0.2, 0) is 6.54 Å². The van der Waals surface area contributed by atoms with Crippen LogP contribution in [-0.4, -0.2) is 24.5 Å². The summed E-state index contributed by atoms with van der Waals surface area (Å²) in [4.78, 5) is 5.35. The SMILES string of the molecule is CC1(CN)CCN(Cc2ccc(-c3ccccc3)s2)C1.Cl. The average Bonchev–Trinajstić information content (AvgIpc) is 3.08. The van der Waals surface area contributed by atoms with Crippen molar-refractivity contribution in [2.24, 2.45) is 11.1 Å². The highest BCUT2D eigenvalue weighted by Crippen LogP contribution is 2.32. The number of thiophene rings is 1. The van der Waals surface area contributed by atoms with Gasteiger partial charge >= 0.3 is 0 Å². The molecular weight excluding hydrogens is 300 g/mol. The van der Waals surface area contributed by atoms with Crippen LogP contribution < -0.4 is 5.73 Å². The van der Waals surface area contributed by atoms with Crippen LogP contribution in [0.4, 0.5) is 0 Å². The summed E-state index contributed by atoms with van der Waals surface area (Å²) < 4.78 is 0. The van der Waals surface area contributed by atoms with E-state index in [2.05, 4.69) is 54.3 Å². The van der Waals surface area contributed by atoms with Crippen LogP contribution in [0.2, 0.25) is 0 Å². The van der Waals surface area contributed by atoms with Gasteiger partial charge in [0.05, 0.1) is 0 Å². The minimum absolute atomic E-state index is 0. The van der Waals surface area contributed by atoms with Gasteiger partial charge in [-0.15, -0.1) is 23.7 Å². The molecule has 0 saturated carbocycles. The minimum Gasteiger partial charge on any atom is -0.330 e. The van der Waals surface area contributed by atoms with Crippen molar-refractivity contribution in [3.8, 4) is 10.4 Å². The first-order valence-corrected chi connectivity index (χ1v) is 8.07. The molecule has 1 fully saturated rings. The van der Waals surface area contributed by atoms with Gasteiger partial charge < -0.3 is 5.73 Å². The first-order valence-electron chi connectivity index (χ1n) is 7.25. The van der Waals surface area contributed by atoms with Crippen molar-refractivity contribution in [3.05, 3.63) is 47.3 Å². The molecule has 2 aromatic rings. The second kappa shape index (κ2) is 6.93. The van der Waals surface area contributed by atoms with Crippen LogP contribution in [0.1, 0.15) is 18.2 Å². The molecule has 2 heterocycles. The molecule has 114 valence electrons. The maximum absolute atomic E-state index is 5.88. The number of nitrogens with two attached hydrogens (primary N) is 1. The third-order valence-electron chi connectivity index (χ3n) is 4.23. The normalized spacial score (nSPS) is 22.2. The first kappa shape index (κ1) is 16.5. The molecule has 1 saturated heterocycles. The molecule has 2 N–H and O–H groups in total. The molecule has 0 aliphatic carbocycles. The predicted molar refractivity (Wildman–Crippen MR) is 94.1 cm³/mol. The molecule has 1 aromatic carbocycles. The molecular formula is C17H23ClN2S. The molecule has 3 rings (SSSR count). The standard InChI is InChI=1S/C17H22N2S.ClH/c1-17(12-18)9-10-19(13-17)11-15-7-8-16(20-15)14-5-3-2-4-6-14;/h2-8H,9-13,18H2,1H3;1H. The molecule has 1 unspecified atom stereocenters. The summed E-state index contributed by atoms with van der Waals surface area (Å²) in [6.45, 7) is 6.46. The maximum atomic E-state index is 5.88. The van der Waals surface area contributed by atoms with E-state index in [9.17, 15) is 0 Å².